The number of carbonyl (C=O) groups is 1. The normalized spacial score (nSPS) is 20.1. The van der Waals surface area contributed by atoms with Gasteiger partial charge in [-0.2, -0.15) is 0 Å². The van der Waals surface area contributed by atoms with Gasteiger partial charge in [0.15, 0.2) is 0 Å². The van der Waals surface area contributed by atoms with Crippen LogP contribution in [-0.2, 0) is 4.79 Å². The highest BCUT2D eigenvalue weighted by Crippen LogP contribution is 2.22. The van der Waals surface area contributed by atoms with Crippen molar-refractivity contribution in [3.63, 3.8) is 0 Å². The molecule has 4 nitrogen and oxygen atoms in total. The Labute approximate surface area is 133 Å². The zero-order chi connectivity index (χ0) is 15.4. The number of anilines is 2. The molecule has 1 aliphatic carbocycles. The predicted molar refractivity (Wildman–Crippen MR) is 91.4 cm³/mol. The molecule has 0 spiro atoms. The number of benzene rings is 1. The van der Waals surface area contributed by atoms with Crippen LogP contribution in [0, 0.1) is 0 Å². The summed E-state index contributed by atoms with van der Waals surface area (Å²) in [6.07, 6.45) is 7.32. The van der Waals surface area contributed by atoms with E-state index in [1.165, 1.54) is 31.4 Å². The van der Waals surface area contributed by atoms with Crippen molar-refractivity contribution in [2.24, 2.45) is 0 Å². The van der Waals surface area contributed by atoms with Crippen molar-refractivity contribution in [1.82, 2.24) is 5.32 Å². The first-order valence-electron chi connectivity index (χ1n) is 8.64. The van der Waals surface area contributed by atoms with Crippen LogP contribution in [0.3, 0.4) is 0 Å². The van der Waals surface area contributed by atoms with E-state index >= 15 is 0 Å². The summed E-state index contributed by atoms with van der Waals surface area (Å²) < 4.78 is 0. The van der Waals surface area contributed by atoms with E-state index in [9.17, 15) is 4.79 Å². The molecule has 1 aromatic carbocycles. The van der Waals surface area contributed by atoms with Gasteiger partial charge in [-0.1, -0.05) is 12.8 Å². The van der Waals surface area contributed by atoms with Gasteiger partial charge >= 0.3 is 0 Å². The molecule has 1 atom stereocenters. The highest BCUT2D eigenvalue weighted by atomic mass is 16.2. The lowest BCUT2D eigenvalue weighted by Gasteiger charge is -2.20. The Kier molecular flexibility index (Phi) is 4.86. The third-order valence-corrected chi connectivity index (χ3v) is 4.82. The Morgan fingerprint density at radius 3 is 2.36 bits per heavy atom. The van der Waals surface area contributed by atoms with Crippen LogP contribution >= 0.6 is 0 Å². The molecule has 1 heterocycles. The average Bonchev–Trinajstić information content (AvgIpc) is 3.21. The largest absolute Gasteiger partial charge is 0.374 e. The maximum atomic E-state index is 12.2. The van der Waals surface area contributed by atoms with E-state index in [4.69, 9.17) is 0 Å². The monoisotopic (exact) mass is 301 g/mol. The minimum absolute atomic E-state index is 0.107. The molecule has 0 radical (unpaired) electrons. The molecule has 1 saturated carbocycles. The summed E-state index contributed by atoms with van der Waals surface area (Å²) >= 11 is 0. The molecule has 3 rings (SSSR count). The number of carbonyl (C=O) groups excluding carboxylic acids is 1. The van der Waals surface area contributed by atoms with E-state index in [1.807, 2.05) is 6.92 Å². The number of amides is 1. The standard InChI is InChI=1S/C18H27N3O/c1-14(18(22)20-15-6-2-3-7-15)19-16-8-10-17(11-9-16)21-12-4-5-13-21/h8-11,14-15,19H,2-7,12-13H2,1H3,(H,20,22)/t14-/m0/s1. The molecule has 1 saturated heterocycles. The molecule has 0 bridgehead atoms. The van der Waals surface area contributed by atoms with Crippen molar-refractivity contribution >= 4 is 17.3 Å². The quantitative estimate of drug-likeness (QED) is 0.878. The maximum absolute atomic E-state index is 12.2. The summed E-state index contributed by atoms with van der Waals surface area (Å²) in [4.78, 5) is 14.6. The second-order valence-electron chi connectivity index (χ2n) is 6.60. The fourth-order valence-electron chi connectivity index (χ4n) is 3.46. The number of nitrogens with zero attached hydrogens (tertiary/aromatic N) is 1. The molecule has 1 aliphatic heterocycles. The summed E-state index contributed by atoms with van der Waals surface area (Å²) in [6.45, 7) is 4.25. The Hall–Kier alpha value is -1.71. The van der Waals surface area contributed by atoms with E-state index in [2.05, 4.69) is 39.8 Å². The molecule has 120 valence electrons. The number of rotatable bonds is 5. The molecule has 4 heteroatoms. The average molecular weight is 301 g/mol. The van der Waals surface area contributed by atoms with Crippen molar-refractivity contribution in [2.45, 2.75) is 57.5 Å². The van der Waals surface area contributed by atoms with Crippen LogP contribution in [0.15, 0.2) is 24.3 Å². The molecule has 22 heavy (non-hydrogen) atoms. The fraction of sp³-hybridized carbons (Fsp3) is 0.611. The second kappa shape index (κ2) is 7.03. The molecule has 2 N–H and O–H groups in total. The Balaban J connectivity index is 1.51. The first kappa shape index (κ1) is 15.2. The minimum atomic E-state index is -0.196. The van der Waals surface area contributed by atoms with Gasteiger partial charge in [0.1, 0.15) is 6.04 Å². The van der Waals surface area contributed by atoms with Crippen molar-refractivity contribution in [2.75, 3.05) is 23.3 Å². The zero-order valence-electron chi connectivity index (χ0n) is 13.5. The molecule has 0 aromatic heterocycles. The molecule has 2 fully saturated rings. The summed E-state index contributed by atoms with van der Waals surface area (Å²) in [5, 5.41) is 6.45. The van der Waals surface area contributed by atoms with Crippen molar-refractivity contribution in [3.8, 4) is 0 Å². The van der Waals surface area contributed by atoms with E-state index in [0.717, 1.165) is 31.6 Å². The maximum Gasteiger partial charge on any atom is 0.242 e. The van der Waals surface area contributed by atoms with Gasteiger partial charge < -0.3 is 15.5 Å². The molecule has 0 unspecified atom stereocenters. The molecular formula is C18H27N3O. The van der Waals surface area contributed by atoms with Crippen molar-refractivity contribution < 1.29 is 4.79 Å². The third-order valence-electron chi connectivity index (χ3n) is 4.82. The third kappa shape index (κ3) is 3.73. The van der Waals surface area contributed by atoms with E-state index in [0.29, 0.717) is 6.04 Å². The highest BCUT2D eigenvalue weighted by Gasteiger charge is 2.20. The van der Waals surface area contributed by atoms with Crippen LogP contribution in [0.2, 0.25) is 0 Å². The molecule has 1 amide bonds. The van der Waals surface area contributed by atoms with Gasteiger partial charge in [-0.05, 0) is 56.9 Å². The summed E-state index contributed by atoms with van der Waals surface area (Å²) in [5.41, 5.74) is 2.29. The number of nitrogens with one attached hydrogen (secondary N) is 2. The summed E-state index contributed by atoms with van der Waals surface area (Å²) in [5.74, 6) is 0.107. The van der Waals surface area contributed by atoms with E-state index in [-0.39, 0.29) is 11.9 Å². The van der Waals surface area contributed by atoms with Crippen LogP contribution in [0.1, 0.15) is 45.4 Å². The number of hydrogen-bond acceptors (Lipinski definition) is 3. The van der Waals surface area contributed by atoms with Gasteiger partial charge in [-0.3, -0.25) is 4.79 Å². The summed E-state index contributed by atoms with van der Waals surface area (Å²) in [6, 6.07) is 8.64. The highest BCUT2D eigenvalue weighted by molar-refractivity contribution is 5.84. The SMILES string of the molecule is C[C@H](Nc1ccc(N2CCCC2)cc1)C(=O)NC1CCCC1. The van der Waals surface area contributed by atoms with Crippen LogP contribution < -0.4 is 15.5 Å². The van der Waals surface area contributed by atoms with Gasteiger partial charge in [0, 0.05) is 30.5 Å². The van der Waals surface area contributed by atoms with Crippen LogP contribution in [0.5, 0.6) is 0 Å². The topological polar surface area (TPSA) is 44.4 Å². The second-order valence-corrected chi connectivity index (χ2v) is 6.60. The predicted octanol–water partition coefficient (Wildman–Crippen LogP) is 3.15. The van der Waals surface area contributed by atoms with Crippen LogP contribution in [-0.4, -0.2) is 31.1 Å². The van der Waals surface area contributed by atoms with Gasteiger partial charge in [0.2, 0.25) is 5.91 Å². The van der Waals surface area contributed by atoms with Crippen LogP contribution in [0.25, 0.3) is 0 Å². The van der Waals surface area contributed by atoms with Gasteiger partial charge in [0.25, 0.3) is 0 Å². The van der Waals surface area contributed by atoms with Crippen LogP contribution in [0.4, 0.5) is 11.4 Å². The Bertz CT molecular complexity index is 488. The zero-order valence-corrected chi connectivity index (χ0v) is 13.5. The Morgan fingerprint density at radius 2 is 1.73 bits per heavy atom. The van der Waals surface area contributed by atoms with Gasteiger partial charge in [-0.25, -0.2) is 0 Å². The fourth-order valence-corrected chi connectivity index (χ4v) is 3.46. The molecular weight excluding hydrogens is 274 g/mol. The summed E-state index contributed by atoms with van der Waals surface area (Å²) in [7, 11) is 0. The van der Waals surface area contributed by atoms with Crippen molar-refractivity contribution in [1.29, 1.82) is 0 Å². The lowest BCUT2D eigenvalue weighted by molar-refractivity contribution is -0.122. The van der Waals surface area contributed by atoms with E-state index in [1.54, 1.807) is 0 Å². The molecule has 1 aromatic rings. The van der Waals surface area contributed by atoms with E-state index < -0.39 is 0 Å². The van der Waals surface area contributed by atoms with Gasteiger partial charge in [0.05, 0.1) is 0 Å². The first-order valence-corrected chi connectivity index (χ1v) is 8.64. The minimum Gasteiger partial charge on any atom is -0.374 e. The lowest BCUT2D eigenvalue weighted by atomic mass is 10.2. The first-order chi connectivity index (χ1) is 10.7. The Morgan fingerprint density at radius 1 is 1.09 bits per heavy atom. The number of hydrogen-bond donors (Lipinski definition) is 2. The lowest BCUT2D eigenvalue weighted by Crippen LogP contribution is -2.42. The van der Waals surface area contributed by atoms with Gasteiger partial charge in [-0.15, -0.1) is 0 Å². The molecule has 2 aliphatic rings. The smallest absolute Gasteiger partial charge is 0.242 e. The van der Waals surface area contributed by atoms with Crippen molar-refractivity contribution in [3.05, 3.63) is 24.3 Å².